The molecule has 0 aliphatic carbocycles. The van der Waals surface area contributed by atoms with Gasteiger partial charge in [-0.1, -0.05) is 6.07 Å². The van der Waals surface area contributed by atoms with Crippen LogP contribution in [0.4, 0.5) is 17.6 Å². The van der Waals surface area contributed by atoms with Crippen LogP contribution in [0.15, 0.2) is 24.4 Å². The summed E-state index contributed by atoms with van der Waals surface area (Å²) in [4.78, 5) is 11.7. The molecule has 0 radical (unpaired) electrons. The molecule has 2 aromatic rings. The predicted octanol–water partition coefficient (Wildman–Crippen LogP) is 2.93. The Balaban J connectivity index is 2.38. The molecule has 0 saturated carbocycles. The van der Waals surface area contributed by atoms with Crippen molar-refractivity contribution in [2.24, 2.45) is 0 Å². The van der Waals surface area contributed by atoms with Gasteiger partial charge in [0, 0.05) is 5.56 Å². The van der Waals surface area contributed by atoms with Gasteiger partial charge in [-0.15, -0.1) is 0 Å². The number of carbonyl (C=O) groups excluding carboxylic acids is 1. The minimum Gasteiger partial charge on any atom is -0.287 e. The molecule has 0 unspecified atom stereocenters. The van der Waals surface area contributed by atoms with Crippen molar-refractivity contribution in [1.82, 2.24) is 8.75 Å². The van der Waals surface area contributed by atoms with Crippen LogP contribution >= 0.6 is 11.7 Å². The average molecular weight is 276 g/mol. The van der Waals surface area contributed by atoms with Gasteiger partial charge in [-0.05, 0) is 12.1 Å². The molecule has 2 rings (SSSR count). The molecule has 0 fully saturated rings. The fourth-order valence-corrected chi connectivity index (χ4v) is 1.71. The van der Waals surface area contributed by atoms with E-state index < -0.39 is 23.3 Å². The summed E-state index contributed by atoms with van der Waals surface area (Å²) in [6.45, 7) is 0. The maximum absolute atomic E-state index is 13.2. The zero-order valence-electron chi connectivity index (χ0n) is 8.53. The van der Waals surface area contributed by atoms with Crippen molar-refractivity contribution >= 4 is 17.5 Å². The summed E-state index contributed by atoms with van der Waals surface area (Å²) < 4.78 is 57.4. The SMILES string of the molecule is O=C(c1ccc(C(F)(F)F)c(F)c1)c1cnsn1. The van der Waals surface area contributed by atoms with Crippen molar-refractivity contribution in [3.8, 4) is 0 Å². The number of rotatable bonds is 2. The Hall–Kier alpha value is -1.83. The first kappa shape index (κ1) is 12.6. The highest BCUT2D eigenvalue weighted by molar-refractivity contribution is 6.99. The molecule has 1 aromatic carbocycles. The Labute approximate surface area is 102 Å². The van der Waals surface area contributed by atoms with Gasteiger partial charge in [0.25, 0.3) is 0 Å². The summed E-state index contributed by atoms with van der Waals surface area (Å²) in [6.07, 6.45) is -3.61. The highest BCUT2D eigenvalue weighted by Crippen LogP contribution is 2.31. The molecule has 1 aromatic heterocycles. The highest BCUT2D eigenvalue weighted by atomic mass is 32.1. The van der Waals surface area contributed by atoms with Gasteiger partial charge in [0.15, 0.2) is 0 Å². The van der Waals surface area contributed by atoms with Gasteiger partial charge in [0.1, 0.15) is 11.5 Å². The third-order valence-corrected chi connectivity index (χ3v) is 2.61. The lowest BCUT2D eigenvalue weighted by Crippen LogP contribution is -2.10. The molecule has 3 nitrogen and oxygen atoms in total. The van der Waals surface area contributed by atoms with Crippen LogP contribution in [0.2, 0.25) is 0 Å². The van der Waals surface area contributed by atoms with E-state index in [1.807, 2.05) is 0 Å². The Morgan fingerprint density at radius 1 is 1.28 bits per heavy atom. The van der Waals surface area contributed by atoms with E-state index in [9.17, 15) is 22.4 Å². The van der Waals surface area contributed by atoms with Crippen LogP contribution in [-0.2, 0) is 6.18 Å². The number of nitrogens with zero attached hydrogens (tertiary/aromatic N) is 2. The van der Waals surface area contributed by atoms with Crippen molar-refractivity contribution in [3.05, 3.63) is 47.0 Å². The van der Waals surface area contributed by atoms with Gasteiger partial charge in [-0.25, -0.2) is 4.39 Å². The van der Waals surface area contributed by atoms with Crippen molar-refractivity contribution in [2.75, 3.05) is 0 Å². The number of hydrogen-bond acceptors (Lipinski definition) is 4. The second-order valence-electron chi connectivity index (χ2n) is 3.31. The average Bonchev–Trinajstić information content (AvgIpc) is 2.79. The largest absolute Gasteiger partial charge is 0.419 e. The maximum atomic E-state index is 13.2. The van der Waals surface area contributed by atoms with Crippen molar-refractivity contribution in [2.45, 2.75) is 6.18 Å². The van der Waals surface area contributed by atoms with Gasteiger partial charge in [0.2, 0.25) is 5.78 Å². The smallest absolute Gasteiger partial charge is 0.287 e. The van der Waals surface area contributed by atoms with E-state index in [2.05, 4.69) is 8.75 Å². The normalized spacial score (nSPS) is 11.6. The number of carbonyl (C=O) groups is 1. The first-order valence-electron chi connectivity index (χ1n) is 4.58. The van der Waals surface area contributed by atoms with Gasteiger partial charge >= 0.3 is 6.18 Å². The number of alkyl halides is 3. The van der Waals surface area contributed by atoms with E-state index in [4.69, 9.17) is 0 Å². The van der Waals surface area contributed by atoms with E-state index in [0.717, 1.165) is 17.8 Å². The molecule has 0 saturated heterocycles. The van der Waals surface area contributed by atoms with Crippen LogP contribution in [0.3, 0.4) is 0 Å². The number of ketones is 1. The van der Waals surface area contributed by atoms with Crippen LogP contribution < -0.4 is 0 Å². The lowest BCUT2D eigenvalue weighted by Gasteiger charge is -2.08. The van der Waals surface area contributed by atoms with Crippen LogP contribution in [0.1, 0.15) is 21.6 Å². The fourth-order valence-electron chi connectivity index (χ4n) is 1.30. The van der Waals surface area contributed by atoms with E-state index >= 15 is 0 Å². The van der Waals surface area contributed by atoms with Crippen LogP contribution in [0.5, 0.6) is 0 Å². The van der Waals surface area contributed by atoms with E-state index in [-0.39, 0.29) is 11.3 Å². The van der Waals surface area contributed by atoms with E-state index in [1.165, 1.54) is 6.20 Å². The standard InChI is InChI=1S/C10H4F4N2OS/c11-7-3-5(1-2-6(7)10(12,13)14)9(17)8-4-15-18-16-8/h1-4H. The third kappa shape index (κ3) is 2.37. The molecule has 0 bridgehead atoms. The Morgan fingerprint density at radius 2 is 2.00 bits per heavy atom. The van der Waals surface area contributed by atoms with Crippen LogP contribution in [-0.4, -0.2) is 14.5 Å². The van der Waals surface area contributed by atoms with Crippen molar-refractivity contribution in [3.63, 3.8) is 0 Å². The molecular weight excluding hydrogens is 272 g/mol. The predicted molar refractivity (Wildman–Crippen MR) is 54.7 cm³/mol. The maximum Gasteiger partial charge on any atom is 0.419 e. The fraction of sp³-hybridized carbons (Fsp3) is 0.100. The number of halogens is 4. The monoisotopic (exact) mass is 276 g/mol. The molecule has 0 aliphatic rings. The van der Waals surface area contributed by atoms with Crippen LogP contribution in [0, 0.1) is 5.82 Å². The van der Waals surface area contributed by atoms with Gasteiger partial charge in [-0.2, -0.15) is 21.9 Å². The number of aromatic nitrogens is 2. The first-order chi connectivity index (χ1) is 8.39. The first-order valence-corrected chi connectivity index (χ1v) is 5.31. The number of hydrogen-bond donors (Lipinski definition) is 0. The van der Waals surface area contributed by atoms with E-state index in [0.29, 0.717) is 12.1 Å². The topological polar surface area (TPSA) is 42.9 Å². The minimum atomic E-state index is -4.78. The summed E-state index contributed by atoms with van der Waals surface area (Å²) in [7, 11) is 0. The highest BCUT2D eigenvalue weighted by Gasteiger charge is 2.34. The van der Waals surface area contributed by atoms with Crippen molar-refractivity contribution < 1.29 is 22.4 Å². The molecule has 8 heteroatoms. The third-order valence-electron chi connectivity index (χ3n) is 2.13. The van der Waals surface area contributed by atoms with Gasteiger partial charge < -0.3 is 0 Å². The second-order valence-corrected chi connectivity index (χ2v) is 3.87. The molecule has 94 valence electrons. The molecule has 0 spiro atoms. The summed E-state index contributed by atoms with van der Waals surface area (Å²) >= 11 is 0.780. The minimum absolute atomic E-state index is 0.0286. The molecule has 0 amide bonds. The summed E-state index contributed by atoms with van der Waals surface area (Å²) in [6, 6.07) is 1.99. The Morgan fingerprint density at radius 3 is 2.50 bits per heavy atom. The lowest BCUT2D eigenvalue weighted by atomic mass is 10.1. The summed E-state index contributed by atoms with van der Waals surface area (Å²) in [5, 5.41) is 0. The molecule has 0 N–H and O–H groups in total. The quantitative estimate of drug-likeness (QED) is 0.625. The zero-order chi connectivity index (χ0) is 13.3. The van der Waals surface area contributed by atoms with Gasteiger partial charge in [0.05, 0.1) is 23.5 Å². The lowest BCUT2D eigenvalue weighted by molar-refractivity contribution is -0.140. The molecule has 1 heterocycles. The van der Waals surface area contributed by atoms with Gasteiger partial charge in [-0.3, -0.25) is 4.79 Å². The zero-order valence-corrected chi connectivity index (χ0v) is 9.35. The molecular formula is C10H4F4N2OS. The van der Waals surface area contributed by atoms with Crippen molar-refractivity contribution in [1.29, 1.82) is 0 Å². The second kappa shape index (κ2) is 4.45. The van der Waals surface area contributed by atoms with Crippen LogP contribution in [0.25, 0.3) is 0 Å². The Bertz CT molecular complexity index is 580. The Kier molecular flexibility index (Phi) is 3.12. The number of benzene rings is 1. The summed E-state index contributed by atoms with van der Waals surface area (Å²) in [5.41, 5.74) is -1.64. The van der Waals surface area contributed by atoms with E-state index in [1.54, 1.807) is 0 Å². The molecule has 0 aliphatic heterocycles. The molecule has 18 heavy (non-hydrogen) atoms. The summed E-state index contributed by atoms with van der Waals surface area (Å²) in [5.74, 6) is -2.16. The molecule has 0 atom stereocenters.